The van der Waals surface area contributed by atoms with Crippen LogP contribution >= 0.6 is 0 Å². The van der Waals surface area contributed by atoms with Gasteiger partial charge in [-0.2, -0.15) is 9.78 Å². The second-order valence-electron chi connectivity index (χ2n) is 6.37. The summed E-state index contributed by atoms with van der Waals surface area (Å²) in [6.07, 6.45) is 0. The molecule has 0 amide bonds. The van der Waals surface area contributed by atoms with E-state index in [0.29, 0.717) is 17.9 Å². The molecule has 1 aromatic heterocycles. The maximum atomic E-state index is 12.7. The Hall–Kier alpha value is -3.61. The van der Waals surface area contributed by atoms with Crippen LogP contribution in [0.1, 0.15) is 28.5 Å². The second kappa shape index (κ2) is 9.05. The summed E-state index contributed by atoms with van der Waals surface area (Å²) in [4.78, 5) is 25.2. The minimum Gasteiger partial charge on any atom is -0.497 e. The molecule has 0 radical (unpaired) electrons. The molecule has 7 nitrogen and oxygen atoms in total. The van der Waals surface area contributed by atoms with E-state index in [-0.39, 0.29) is 17.9 Å². The third-order valence-corrected chi connectivity index (χ3v) is 4.36. The third-order valence-electron chi connectivity index (χ3n) is 4.36. The van der Waals surface area contributed by atoms with Gasteiger partial charge in [-0.05, 0) is 43.2 Å². The number of para-hydroxylation sites is 1. The summed E-state index contributed by atoms with van der Waals surface area (Å²) in [6.45, 7) is 4.19. The lowest BCUT2D eigenvalue weighted by Crippen LogP contribution is -2.26. The van der Waals surface area contributed by atoms with Crippen LogP contribution in [0.5, 0.6) is 5.75 Å². The molecule has 7 heteroatoms. The molecule has 3 aromatic rings. The van der Waals surface area contributed by atoms with Crippen molar-refractivity contribution in [2.75, 3.05) is 19.0 Å². The largest absolute Gasteiger partial charge is 0.497 e. The van der Waals surface area contributed by atoms with Crippen LogP contribution < -0.4 is 15.6 Å². The van der Waals surface area contributed by atoms with Crippen molar-refractivity contribution in [1.82, 2.24) is 9.78 Å². The van der Waals surface area contributed by atoms with E-state index in [0.717, 1.165) is 16.9 Å². The first-order valence-corrected chi connectivity index (χ1v) is 9.27. The zero-order valence-corrected chi connectivity index (χ0v) is 16.6. The molecular weight excluding hydrogens is 370 g/mol. The summed E-state index contributed by atoms with van der Waals surface area (Å²) in [7, 11) is 1.60. The van der Waals surface area contributed by atoms with Crippen molar-refractivity contribution in [1.29, 1.82) is 0 Å². The van der Waals surface area contributed by atoms with E-state index in [1.807, 2.05) is 49.4 Å². The van der Waals surface area contributed by atoms with Crippen LogP contribution in [0.3, 0.4) is 0 Å². The summed E-state index contributed by atoms with van der Waals surface area (Å²) in [6, 6.07) is 16.2. The van der Waals surface area contributed by atoms with Crippen LogP contribution in [-0.4, -0.2) is 29.5 Å². The molecule has 0 saturated heterocycles. The zero-order chi connectivity index (χ0) is 20.8. The molecule has 1 N–H and O–H groups in total. The number of carbonyl (C=O) groups is 1. The predicted molar refractivity (Wildman–Crippen MR) is 111 cm³/mol. The molecule has 29 heavy (non-hydrogen) atoms. The first-order chi connectivity index (χ1) is 14.0. The molecule has 0 fully saturated rings. The maximum absolute atomic E-state index is 12.7. The molecule has 0 aliphatic heterocycles. The van der Waals surface area contributed by atoms with E-state index in [2.05, 4.69) is 10.4 Å². The average Bonchev–Trinajstić information content (AvgIpc) is 2.73. The number of carbonyl (C=O) groups excluding carboxylic acids is 1. The van der Waals surface area contributed by atoms with Crippen molar-refractivity contribution in [2.45, 2.75) is 20.4 Å². The first kappa shape index (κ1) is 20.1. The number of aryl methyl sites for hydroxylation is 1. The number of hydrogen-bond donors (Lipinski definition) is 1. The van der Waals surface area contributed by atoms with E-state index in [1.165, 1.54) is 10.7 Å². The second-order valence-corrected chi connectivity index (χ2v) is 6.37. The van der Waals surface area contributed by atoms with Crippen molar-refractivity contribution in [2.24, 2.45) is 0 Å². The van der Waals surface area contributed by atoms with Crippen LogP contribution in [0, 0.1) is 6.92 Å². The molecule has 0 unspecified atom stereocenters. The van der Waals surface area contributed by atoms with Crippen molar-refractivity contribution >= 4 is 11.7 Å². The van der Waals surface area contributed by atoms with Crippen molar-refractivity contribution < 1.29 is 14.3 Å². The van der Waals surface area contributed by atoms with Crippen molar-refractivity contribution in [3.8, 4) is 11.4 Å². The number of nitrogens with one attached hydrogen (secondary N) is 1. The number of hydrogen-bond acceptors (Lipinski definition) is 6. The molecule has 150 valence electrons. The van der Waals surface area contributed by atoms with Gasteiger partial charge >= 0.3 is 5.97 Å². The van der Waals surface area contributed by atoms with Crippen molar-refractivity contribution in [3.63, 3.8) is 0 Å². The normalized spacial score (nSPS) is 10.4. The molecule has 0 aliphatic rings. The molecular formula is C22H23N3O4. The van der Waals surface area contributed by atoms with Crippen LogP contribution in [0.15, 0.2) is 59.4 Å². The first-order valence-electron chi connectivity index (χ1n) is 9.27. The van der Waals surface area contributed by atoms with Gasteiger partial charge in [-0.3, -0.25) is 4.79 Å². The van der Waals surface area contributed by atoms with Gasteiger partial charge in [0.05, 0.1) is 25.1 Å². The van der Waals surface area contributed by atoms with Crippen molar-refractivity contribution in [3.05, 3.63) is 81.8 Å². The number of rotatable bonds is 7. The number of anilines is 1. The average molecular weight is 393 g/mol. The summed E-state index contributed by atoms with van der Waals surface area (Å²) >= 11 is 0. The Kier molecular flexibility index (Phi) is 6.29. The summed E-state index contributed by atoms with van der Waals surface area (Å²) in [5, 5.41) is 7.43. The highest BCUT2D eigenvalue weighted by molar-refractivity contribution is 5.93. The summed E-state index contributed by atoms with van der Waals surface area (Å²) in [5.41, 5.74) is 2.44. The number of benzene rings is 2. The van der Waals surface area contributed by atoms with Gasteiger partial charge in [-0.15, -0.1) is 0 Å². The molecule has 0 saturated carbocycles. The lowest BCUT2D eigenvalue weighted by Gasteiger charge is -2.14. The Labute approximate surface area is 168 Å². The van der Waals surface area contributed by atoms with Crippen LogP contribution in [0.2, 0.25) is 0 Å². The third kappa shape index (κ3) is 4.63. The predicted octanol–water partition coefficient (Wildman–Crippen LogP) is 3.34. The topological polar surface area (TPSA) is 82.5 Å². The number of esters is 1. The number of nitrogens with zero attached hydrogens (tertiary/aromatic N) is 2. The van der Waals surface area contributed by atoms with Crippen LogP contribution in [0.4, 0.5) is 5.69 Å². The Bertz CT molecular complexity index is 1080. The van der Waals surface area contributed by atoms with Gasteiger partial charge in [0.2, 0.25) is 0 Å². The summed E-state index contributed by atoms with van der Waals surface area (Å²) in [5.74, 6) is 0.131. The lowest BCUT2D eigenvalue weighted by atomic mass is 10.2. The zero-order valence-electron chi connectivity index (χ0n) is 16.6. The Morgan fingerprint density at radius 1 is 1.14 bits per heavy atom. The van der Waals surface area contributed by atoms with Gasteiger partial charge in [0, 0.05) is 12.6 Å². The van der Waals surface area contributed by atoms with E-state index in [4.69, 9.17) is 9.47 Å². The number of aromatic nitrogens is 2. The molecule has 1 heterocycles. The highest BCUT2D eigenvalue weighted by Crippen LogP contribution is 2.18. The minimum absolute atomic E-state index is 0.0533. The van der Waals surface area contributed by atoms with Gasteiger partial charge in [-0.25, -0.2) is 4.79 Å². The molecule has 3 rings (SSSR count). The number of methoxy groups -OCH3 is 1. The van der Waals surface area contributed by atoms with Gasteiger partial charge in [0.25, 0.3) is 5.56 Å². The van der Waals surface area contributed by atoms with E-state index in [1.54, 1.807) is 20.1 Å². The Balaban J connectivity index is 1.99. The smallest absolute Gasteiger partial charge is 0.360 e. The van der Waals surface area contributed by atoms with Crippen LogP contribution in [0.25, 0.3) is 5.69 Å². The lowest BCUT2D eigenvalue weighted by molar-refractivity contribution is 0.0518. The maximum Gasteiger partial charge on any atom is 0.360 e. The summed E-state index contributed by atoms with van der Waals surface area (Å²) < 4.78 is 11.6. The van der Waals surface area contributed by atoms with E-state index >= 15 is 0 Å². The van der Waals surface area contributed by atoms with Gasteiger partial charge in [0.15, 0.2) is 5.69 Å². The minimum atomic E-state index is -0.594. The fraction of sp³-hybridized carbons (Fsp3) is 0.227. The number of ether oxygens (including phenoxy) is 2. The standard InChI is InChI=1S/C22H23N3O4/c1-4-29-22(27)21-18(23-14-16-9-7-10-17(12-16)28-3)13-20(26)25(24-21)19-11-6-5-8-15(19)2/h5-13,23H,4,14H2,1-3H3. The molecule has 0 bridgehead atoms. The fourth-order valence-corrected chi connectivity index (χ4v) is 2.89. The Morgan fingerprint density at radius 2 is 1.93 bits per heavy atom. The monoisotopic (exact) mass is 393 g/mol. The molecule has 0 aliphatic carbocycles. The Morgan fingerprint density at radius 3 is 2.66 bits per heavy atom. The quantitative estimate of drug-likeness (QED) is 0.620. The van der Waals surface area contributed by atoms with Gasteiger partial charge in [0.1, 0.15) is 5.75 Å². The highest BCUT2D eigenvalue weighted by Gasteiger charge is 2.19. The molecule has 2 aromatic carbocycles. The molecule has 0 spiro atoms. The van der Waals surface area contributed by atoms with Gasteiger partial charge in [-0.1, -0.05) is 30.3 Å². The fourth-order valence-electron chi connectivity index (χ4n) is 2.89. The van der Waals surface area contributed by atoms with E-state index in [9.17, 15) is 9.59 Å². The van der Waals surface area contributed by atoms with E-state index < -0.39 is 5.97 Å². The molecule has 0 atom stereocenters. The van der Waals surface area contributed by atoms with Gasteiger partial charge < -0.3 is 14.8 Å². The SMILES string of the molecule is CCOC(=O)c1nn(-c2ccccc2C)c(=O)cc1NCc1cccc(OC)c1. The van der Waals surface area contributed by atoms with Crippen LogP contribution in [-0.2, 0) is 11.3 Å². The highest BCUT2D eigenvalue weighted by atomic mass is 16.5.